The Balaban J connectivity index is 1.67. The fraction of sp³-hybridized carbons (Fsp3) is 0.160. The van der Waals surface area contributed by atoms with Crippen molar-refractivity contribution in [2.75, 3.05) is 12.0 Å². The minimum absolute atomic E-state index is 0.0419. The average Bonchev–Trinajstić information content (AvgIpc) is 3.16. The smallest absolute Gasteiger partial charge is 0.337 e. The number of benzene rings is 2. The molecular weight excluding hydrogens is 441 g/mol. The number of carbonyl (C=O) groups is 4. The van der Waals surface area contributed by atoms with Crippen LogP contribution < -0.4 is 4.90 Å². The van der Waals surface area contributed by atoms with E-state index in [1.54, 1.807) is 18.3 Å². The molecule has 34 heavy (non-hydrogen) atoms. The SMILES string of the molecule is COC(=O)c1ccc(N2C(=O)CC(N(Cc3cccnc3)C(=O)c3ccccc3F)C2=O)cc1. The molecule has 1 aromatic heterocycles. The summed E-state index contributed by atoms with van der Waals surface area (Å²) in [6, 6.07) is 13.5. The van der Waals surface area contributed by atoms with Crippen molar-refractivity contribution in [1.82, 2.24) is 9.88 Å². The third kappa shape index (κ3) is 4.40. The van der Waals surface area contributed by atoms with Gasteiger partial charge in [0.05, 0.1) is 30.3 Å². The summed E-state index contributed by atoms with van der Waals surface area (Å²) >= 11 is 0. The van der Waals surface area contributed by atoms with Gasteiger partial charge in [0.2, 0.25) is 5.91 Å². The molecule has 1 fully saturated rings. The van der Waals surface area contributed by atoms with Crippen LogP contribution in [0.2, 0.25) is 0 Å². The number of ether oxygens (including phenoxy) is 1. The van der Waals surface area contributed by atoms with Gasteiger partial charge in [-0.1, -0.05) is 18.2 Å². The number of pyridine rings is 1. The molecule has 0 bridgehead atoms. The Labute approximate surface area is 194 Å². The predicted octanol–water partition coefficient (Wildman–Crippen LogP) is 2.98. The number of methoxy groups -OCH3 is 1. The minimum atomic E-state index is -1.14. The van der Waals surface area contributed by atoms with Gasteiger partial charge in [-0.2, -0.15) is 0 Å². The number of hydrogen-bond acceptors (Lipinski definition) is 6. The largest absolute Gasteiger partial charge is 0.465 e. The maximum absolute atomic E-state index is 14.4. The zero-order chi connectivity index (χ0) is 24.2. The molecule has 3 amide bonds. The van der Waals surface area contributed by atoms with E-state index in [1.165, 1.54) is 60.7 Å². The molecule has 2 aromatic carbocycles. The summed E-state index contributed by atoms with van der Waals surface area (Å²) < 4.78 is 19.1. The average molecular weight is 461 g/mol. The van der Waals surface area contributed by atoms with E-state index in [0.717, 1.165) is 11.0 Å². The van der Waals surface area contributed by atoms with E-state index in [0.29, 0.717) is 5.56 Å². The van der Waals surface area contributed by atoms with E-state index in [1.807, 2.05) is 0 Å². The highest BCUT2D eigenvalue weighted by Gasteiger charge is 2.44. The topological polar surface area (TPSA) is 96.9 Å². The first-order chi connectivity index (χ1) is 16.4. The highest BCUT2D eigenvalue weighted by atomic mass is 19.1. The summed E-state index contributed by atoms with van der Waals surface area (Å²) in [5.41, 5.74) is 0.931. The van der Waals surface area contributed by atoms with Gasteiger partial charge >= 0.3 is 5.97 Å². The number of amides is 3. The number of anilines is 1. The Bertz CT molecular complexity index is 1250. The van der Waals surface area contributed by atoms with Crippen molar-refractivity contribution in [3.63, 3.8) is 0 Å². The van der Waals surface area contributed by atoms with Crippen LogP contribution in [0, 0.1) is 5.82 Å². The van der Waals surface area contributed by atoms with Crippen molar-refractivity contribution in [1.29, 1.82) is 0 Å². The Kier molecular flexibility index (Phi) is 6.44. The molecule has 0 spiro atoms. The second kappa shape index (κ2) is 9.62. The first-order valence-corrected chi connectivity index (χ1v) is 10.4. The maximum Gasteiger partial charge on any atom is 0.337 e. The lowest BCUT2D eigenvalue weighted by Crippen LogP contribution is -2.45. The summed E-state index contributed by atoms with van der Waals surface area (Å²) in [6.07, 6.45) is 2.83. The van der Waals surface area contributed by atoms with Gasteiger partial charge in [-0.05, 0) is 48.0 Å². The van der Waals surface area contributed by atoms with Crippen LogP contribution in [-0.2, 0) is 20.9 Å². The van der Waals surface area contributed by atoms with Gasteiger partial charge in [-0.25, -0.2) is 14.1 Å². The second-order valence-corrected chi connectivity index (χ2v) is 7.60. The molecule has 0 N–H and O–H groups in total. The van der Waals surface area contributed by atoms with Crippen molar-refractivity contribution in [2.45, 2.75) is 19.0 Å². The second-order valence-electron chi connectivity index (χ2n) is 7.60. The van der Waals surface area contributed by atoms with Crippen molar-refractivity contribution in [2.24, 2.45) is 0 Å². The normalized spacial score (nSPS) is 15.4. The van der Waals surface area contributed by atoms with E-state index in [4.69, 9.17) is 0 Å². The minimum Gasteiger partial charge on any atom is -0.465 e. The lowest BCUT2D eigenvalue weighted by Gasteiger charge is -2.28. The summed E-state index contributed by atoms with van der Waals surface area (Å²) in [4.78, 5) is 57.4. The first kappa shape index (κ1) is 22.8. The maximum atomic E-state index is 14.4. The molecule has 1 aliphatic rings. The summed E-state index contributed by atoms with van der Waals surface area (Å²) in [5.74, 6) is -3.13. The van der Waals surface area contributed by atoms with Crippen molar-refractivity contribution in [3.8, 4) is 0 Å². The molecule has 1 atom stereocenters. The highest BCUT2D eigenvalue weighted by molar-refractivity contribution is 6.23. The van der Waals surface area contributed by atoms with Gasteiger partial charge < -0.3 is 9.64 Å². The van der Waals surface area contributed by atoms with Crippen molar-refractivity contribution >= 4 is 29.4 Å². The first-order valence-electron chi connectivity index (χ1n) is 10.4. The van der Waals surface area contributed by atoms with E-state index in [-0.39, 0.29) is 29.8 Å². The van der Waals surface area contributed by atoms with Gasteiger partial charge in [-0.3, -0.25) is 19.4 Å². The molecular formula is C25H20FN3O5. The number of halogens is 1. The molecule has 1 saturated heterocycles. The molecule has 172 valence electrons. The zero-order valence-electron chi connectivity index (χ0n) is 18.2. The summed E-state index contributed by atoms with van der Waals surface area (Å²) in [7, 11) is 1.25. The van der Waals surface area contributed by atoms with Crippen LogP contribution >= 0.6 is 0 Å². The number of rotatable bonds is 6. The molecule has 8 nitrogen and oxygen atoms in total. The summed E-state index contributed by atoms with van der Waals surface area (Å²) in [6.45, 7) is -0.0419. The quantitative estimate of drug-likeness (QED) is 0.414. The molecule has 9 heteroatoms. The summed E-state index contributed by atoms with van der Waals surface area (Å²) in [5, 5.41) is 0. The van der Waals surface area contributed by atoms with E-state index in [9.17, 15) is 23.6 Å². The number of esters is 1. The number of aromatic nitrogens is 1. The van der Waals surface area contributed by atoms with Crippen LogP contribution in [0.3, 0.4) is 0 Å². The Morgan fingerprint density at radius 1 is 1.09 bits per heavy atom. The Morgan fingerprint density at radius 3 is 2.47 bits per heavy atom. The highest BCUT2D eigenvalue weighted by Crippen LogP contribution is 2.28. The zero-order valence-corrected chi connectivity index (χ0v) is 18.2. The van der Waals surface area contributed by atoms with Crippen LogP contribution in [0.15, 0.2) is 73.1 Å². The van der Waals surface area contributed by atoms with E-state index < -0.39 is 35.5 Å². The van der Waals surface area contributed by atoms with Crippen LogP contribution in [-0.4, -0.2) is 46.7 Å². The fourth-order valence-electron chi connectivity index (χ4n) is 3.80. The molecule has 4 rings (SSSR count). The Hall–Kier alpha value is -4.40. The molecule has 3 aromatic rings. The Morgan fingerprint density at radius 2 is 1.82 bits per heavy atom. The number of carbonyl (C=O) groups excluding carboxylic acids is 4. The van der Waals surface area contributed by atoms with E-state index >= 15 is 0 Å². The van der Waals surface area contributed by atoms with E-state index in [2.05, 4.69) is 9.72 Å². The van der Waals surface area contributed by atoms with Crippen LogP contribution in [0.4, 0.5) is 10.1 Å². The molecule has 0 aliphatic carbocycles. The number of hydrogen-bond donors (Lipinski definition) is 0. The lowest BCUT2D eigenvalue weighted by molar-refractivity contribution is -0.122. The van der Waals surface area contributed by atoms with Crippen LogP contribution in [0.25, 0.3) is 0 Å². The molecule has 0 radical (unpaired) electrons. The molecule has 0 saturated carbocycles. The van der Waals surface area contributed by atoms with Crippen molar-refractivity contribution in [3.05, 3.63) is 95.6 Å². The molecule has 1 aliphatic heterocycles. The van der Waals surface area contributed by atoms with Gasteiger partial charge in [-0.15, -0.1) is 0 Å². The van der Waals surface area contributed by atoms with Gasteiger partial charge in [0.1, 0.15) is 11.9 Å². The monoisotopic (exact) mass is 461 g/mol. The van der Waals surface area contributed by atoms with Gasteiger partial charge in [0, 0.05) is 18.9 Å². The van der Waals surface area contributed by atoms with Crippen molar-refractivity contribution < 1.29 is 28.3 Å². The fourth-order valence-corrected chi connectivity index (χ4v) is 3.80. The number of nitrogens with zero attached hydrogens (tertiary/aromatic N) is 3. The van der Waals surface area contributed by atoms with Gasteiger partial charge in [0.15, 0.2) is 0 Å². The lowest BCUT2D eigenvalue weighted by atomic mass is 10.1. The molecule has 1 unspecified atom stereocenters. The third-order valence-electron chi connectivity index (χ3n) is 5.49. The predicted molar refractivity (Wildman–Crippen MR) is 119 cm³/mol. The standard InChI is InChI=1S/C25H20FN3O5/c1-34-25(33)17-8-10-18(11-9-17)29-22(30)13-21(24(29)32)28(15-16-5-4-12-27-14-16)23(31)19-6-2-3-7-20(19)26/h2-12,14,21H,13,15H2,1H3. The van der Waals surface area contributed by atoms with Crippen LogP contribution in [0.1, 0.15) is 32.7 Å². The van der Waals surface area contributed by atoms with Crippen LogP contribution in [0.5, 0.6) is 0 Å². The molecule has 2 heterocycles. The number of imide groups is 1. The van der Waals surface area contributed by atoms with Gasteiger partial charge in [0.25, 0.3) is 11.8 Å². The third-order valence-corrected chi connectivity index (χ3v) is 5.49.